The highest BCUT2D eigenvalue weighted by Crippen LogP contribution is 2.29. The summed E-state index contributed by atoms with van der Waals surface area (Å²) in [7, 11) is 3.22. The molecular weight excluding hydrogens is 348 g/mol. The number of thiophene rings is 1. The van der Waals surface area contributed by atoms with Gasteiger partial charge in [0.2, 0.25) is 0 Å². The van der Waals surface area contributed by atoms with Crippen LogP contribution in [0.25, 0.3) is 0 Å². The van der Waals surface area contributed by atoms with Crippen molar-refractivity contribution in [1.82, 2.24) is 4.90 Å². The average molecular weight is 377 g/mol. The lowest BCUT2D eigenvalue weighted by atomic mass is 10.1. The van der Waals surface area contributed by atoms with E-state index in [1.54, 1.807) is 25.6 Å². The van der Waals surface area contributed by atoms with E-state index in [-0.39, 0.29) is 6.04 Å². The smallest absolute Gasteiger partial charge is 0.193 e. The van der Waals surface area contributed by atoms with E-state index in [1.165, 1.54) is 5.56 Å². The molecule has 0 saturated heterocycles. The molecule has 0 amide bonds. The normalized spacial score (nSPS) is 12.9. The molecule has 6 nitrogen and oxygen atoms in total. The van der Waals surface area contributed by atoms with Crippen molar-refractivity contribution in [3.63, 3.8) is 0 Å². The SMILES string of the molecule is CCN(CC)C(CN=C(N)Nc1ccc(OC)c(OC)c1)c1ccsc1. The van der Waals surface area contributed by atoms with Gasteiger partial charge in [0, 0.05) is 11.8 Å². The van der Waals surface area contributed by atoms with E-state index in [2.05, 4.69) is 45.9 Å². The largest absolute Gasteiger partial charge is 0.493 e. The van der Waals surface area contributed by atoms with Gasteiger partial charge in [0.05, 0.1) is 26.8 Å². The van der Waals surface area contributed by atoms with Crippen molar-refractivity contribution in [2.75, 3.05) is 39.2 Å². The van der Waals surface area contributed by atoms with E-state index >= 15 is 0 Å². The van der Waals surface area contributed by atoms with Gasteiger partial charge in [-0.1, -0.05) is 13.8 Å². The summed E-state index contributed by atoms with van der Waals surface area (Å²) in [5.74, 6) is 1.70. The summed E-state index contributed by atoms with van der Waals surface area (Å²) in [6, 6.07) is 7.92. The van der Waals surface area contributed by atoms with Gasteiger partial charge in [0.15, 0.2) is 17.5 Å². The van der Waals surface area contributed by atoms with Gasteiger partial charge in [-0.25, -0.2) is 0 Å². The van der Waals surface area contributed by atoms with Crippen LogP contribution in [0.4, 0.5) is 5.69 Å². The molecule has 0 saturated carbocycles. The molecule has 0 spiro atoms. The summed E-state index contributed by atoms with van der Waals surface area (Å²) in [6.45, 7) is 6.87. The fraction of sp³-hybridized carbons (Fsp3) is 0.421. The number of likely N-dealkylation sites (N-methyl/N-ethyl adjacent to an activating group) is 1. The van der Waals surface area contributed by atoms with Crippen LogP contribution in [0.5, 0.6) is 11.5 Å². The number of guanidine groups is 1. The third-order valence-corrected chi connectivity index (χ3v) is 4.97. The van der Waals surface area contributed by atoms with Crippen LogP contribution in [-0.4, -0.2) is 44.7 Å². The van der Waals surface area contributed by atoms with Gasteiger partial charge < -0.3 is 20.5 Å². The molecule has 1 aromatic carbocycles. The summed E-state index contributed by atoms with van der Waals surface area (Å²) in [6.07, 6.45) is 0. The Morgan fingerprint density at radius 3 is 2.50 bits per heavy atom. The lowest BCUT2D eigenvalue weighted by molar-refractivity contribution is 0.225. The van der Waals surface area contributed by atoms with Gasteiger partial charge >= 0.3 is 0 Å². The zero-order chi connectivity index (χ0) is 18.9. The molecule has 2 aromatic rings. The Labute approximate surface area is 159 Å². The highest BCUT2D eigenvalue weighted by atomic mass is 32.1. The molecule has 1 aromatic heterocycles. The molecule has 2 rings (SSSR count). The summed E-state index contributed by atoms with van der Waals surface area (Å²) >= 11 is 1.70. The van der Waals surface area contributed by atoms with E-state index in [0.717, 1.165) is 18.8 Å². The van der Waals surface area contributed by atoms with Gasteiger partial charge in [-0.15, -0.1) is 0 Å². The standard InChI is InChI=1S/C19H28N4O2S/c1-5-23(6-2)16(14-9-10-26-13-14)12-21-19(20)22-15-7-8-17(24-3)18(11-15)25-4/h7-11,13,16H,5-6,12H2,1-4H3,(H3,20,21,22). The molecule has 0 radical (unpaired) electrons. The maximum Gasteiger partial charge on any atom is 0.193 e. The first-order chi connectivity index (χ1) is 12.6. The summed E-state index contributed by atoms with van der Waals surface area (Å²) < 4.78 is 10.6. The second-order valence-corrected chi connectivity index (χ2v) is 6.49. The van der Waals surface area contributed by atoms with Crippen LogP contribution >= 0.6 is 11.3 Å². The predicted octanol–water partition coefficient (Wildman–Crippen LogP) is 3.58. The molecule has 26 heavy (non-hydrogen) atoms. The number of nitrogens with one attached hydrogen (secondary N) is 1. The minimum atomic E-state index is 0.224. The minimum Gasteiger partial charge on any atom is -0.493 e. The zero-order valence-corrected chi connectivity index (χ0v) is 16.7. The molecule has 1 unspecified atom stereocenters. The summed E-state index contributed by atoms with van der Waals surface area (Å²) in [5, 5.41) is 7.39. The van der Waals surface area contributed by atoms with Crippen LogP contribution < -0.4 is 20.5 Å². The fourth-order valence-electron chi connectivity index (χ4n) is 2.85. The summed E-state index contributed by atoms with van der Waals surface area (Å²) in [5.41, 5.74) is 8.19. The van der Waals surface area contributed by atoms with Crippen LogP contribution in [-0.2, 0) is 0 Å². The molecule has 0 aliphatic rings. The molecule has 0 bridgehead atoms. The Kier molecular flexibility index (Phi) is 7.74. The number of methoxy groups -OCH3 is 2. The third-order valence-electron chi connectivity index (χ3n) is 4.27. The number of benzene rings is 1. The number of hydrogen-bond donors (Lipinski definition) is 2. The van der Waals surface area contributed by atoms with Crippen molar-refractivity contribution >= 4 is 23.0 Å². The Morgan fingerprint density at radius 2 is 1.92 bits per heavy atom. The fourth-order valence-corrected chi connectivity index (χ4v) is 3.55. The molecule has 1 heterocycles. The zero-order valence-electron chi connectivity index (χ0n) is 15.9. The van der Waals surface area contributed by atoms with Crippen LogP contribution in [0.2, 0.25) is 0 Å². The lowest BCUT2D eigenvalue weighted by Gasteiger charge is -2.28. The molecule has 0 aliphatic heterocycles. The molecule has 0 fully saturated rings. The number of nitrogens with zero attached hydrogens (tertiary/aromatic N) is 2. The van der Waals surface area contributed by atoms with Crippen LogP contribution in [0.1, 0.15) is 25.5 Å². The van der Waals surface area contributed by atoms with Gasteiger partial charge in [0.1, 0.15) is 0 Å². The Bertz CT molecular complexity index is 700. The van der Waals surface area contributed by atoms with Gasteiger partial charge in [-0.3, -0.25) is 9.89 Å². The van der Waals surface area contributed by atoms with Gasteiger partial charge in [-0.2, -0.15) is 11.3 Å². The third kappa shape index (κ3) is 5.12. The number of aliphatic imine (C=N–C) groups is 1. The molecule has 142 valence electrons. The first-order valence-corrected chi connectivity index (χ1v) is 9.62. The van der Waals surface area contributed by atoms with Crippen molar-refractivity contribution in [3.05, 3.63) is 40.6 Å². The van der Waals surface area contributed by atoms with Gasteiger partial charge in [-0.05, 0) is 47.6 Å². The van der Waals surface area contributed by atoms with Crippen molar-refractivity contribution in [1.29, 1.82) is 0 Å². The van der Waals surface area contributed by atoms with E-state index in [0.29, 0.717) is 24.0 Å². The summed E-state index contributed by atoms with van der Waals surface area (Å²) in [4.78, 5) is 6.95. The van der Waals surface area contributed by atoms with Gasteiger partial charge in [0.25, 0.3) is 0 Å². The Morgan fingerprint density at radius 1 is 1.19 bits per heavy atom. The van der Waals surface area contributed by atoms with Crippen molar-refractivity contribution < 1.29 is 9.47 Å². The van der Waals surface area contributed by atoms with Crippen LogP contribution in [0, 0.1) is 0 Å². The Hall–Kier alpha value is -2.25. The highest BCUT2D eigenvalue weighted by molar-refractivity contribution is 7.07. The molecule has 7 heteroatoms. The second kappa shape index (κ2) is 10.0. The molecular formula is C19H28N4O2S. The number of ether oxygens (including phenoxy) is 2. The van der Waals surface area contributed by atoms with Crippen molar-refractivity contribution in [2.45, 2.75) is 19.9 Å². The predicted molar refractivity (Wildman–Crippen MR) is 110 cm³/mol. The number of anilines is 1. The van der Waals surface area contributed by atoms with Crippen molar-refractivity contribution in [2.24, 2.45) is 10.7 Å². The maximum atomic E-state index is 6.10. The number of nitrogens with two attached hydrogens (primary N) is 1. The minimum absolute atomic E-state index is 0.224. The highest BCUT2D eigenvalue weighted by Gasteiger charge is 2.18. The molecule has 3 N–H and O–H groups in total. The van der Waals surface area contributed by atoms with E-state index in [1.807, 2.05) is 18.2 Å². The maximum absolute atomic E-state index is 6.10. The molecule has 1 atom stereocenters. The Balaban J connectivity index is 2.10. The first kappa shape index (κ1) is 20.1. The van der Waals surface area contributed by atoms with E-state index < -0.39 is 0 Å². The van der Waals surface area contributed by atoms with Crippen LogP contribution in [0.3, 0.4) is 0 Å². The van der Waals surface area contributed by atoms with E-state index in [4.69, 9.17) is 15.2 Å². The number of rotatable bonds is 9. The topological polar surface area (TPSA) is 72.1 Å². The second-order valence-electron chi connectivity index (χ2n) is 5.71. The number of hydrogen-bond acceptors (Lipinski definition) is 5. The molecule has 0 aliphatic carbocycles. The van der Waals surface area contributed by atoms with Crippen LogP contribution in [0.15, 0.2) is 40.0 Å². The average Bonchev–Trinajstić information content (AvgIpc) is 3.19. The monoisotopic (exact) mass is 376 g/mol. The quantitative estimate of drug-likeness (QED) is 0.517. The first-order valence-electron chi connectivity index (χ1n) is 8.68. The van der Waals surface area contributed by atoms with E-state index in [9.17, 15) is 0 Å². The lowest BCUT2D eigenvalue weighted by Crippen LogP contribution is -2.31. The van der Waals surface area contributed by atoms with Crippen molar-refractivity contribution in [3.8, 4) is 11.5 Å².